The van der Waals surface area contributed by atoms with E-state index in [9.17, 15) is 0 Å². The molecule has 0 aromatic carbocycles. The number of hydrogen-bond donors (Lipinski definition) is 1. The van der Waals surface area contributed by atoms with E-state index >= 15 is 0 Å². The number of nitrogens with zero attached hydrogens (tertiary/aromatic N) is 1. The van der Waals surface area contributed by atoms with Crippen molar-refractivity contribution in [2.24, 2.45) is 11.3 Å². The second-order valence-corrected chi connectivity index (χ2v) is 3.71. The Kier molecular flexibility index (Phi) is 3.86. The van der Waals surface area contributed by atoms with E-state index < -0.39 is 0 Å². The number of hydrogen-bond acceptors (Lipinski definition) is 3. The van der Waals surface area contributed by atoms with E-state index in [2.05, 4.69) is 23.6 Å². The van der Waals surface area contributed by atoms with Crippen LogP contribution in [-0.2, 0) is 4.84 Å². The van der Waals surface area contributed by atoms with Gasteiger partial charge >= 0.3 is 0 Å². The zero-order valence-corrected chi connectivity index (χ0v) is 7.35. The van der Waals surface area contributed by atoms with Crippen LogP contribution in [0, 0.1) is 5.41 Å². The van der Waals surface area contributed by atoms with Crippen molar-refractivity contribution in [2.75, 3.05) is 27.2 Å². The molecule has 2 N–H and O–H groups in total. The van der Waals surface area contributed by atoms with Gasteiger partial charge in [0, 0.05) is 12.0 Å². The lowest BCUT2D eigenvalue weighted by Crippen LogP contribution is -2.33. The molecule has 0 aliphatic rings. The molecular weight excluding hydrogens is 128 g/mol. The molecule has 0 saturated heterocycles. The molecule has 0 aromatic heterocycles. The summed E-state index contributed by atoms with van der Waals surface area (Å²) in [6, 6.07) is 0. The highest BCUT2D eigenvalue weighted by atomic mass is 16.6. The standard InChI is InChI=1S/C7H18N2O/c1-7(2,6-10-8)5-9(3)4/h5-6,8H2,1-4H3. The van der Waals surface area contributed by atoms with Crippen LogP contribution in [-0.4, -0.2) is 32.1 Å². The summed E-state index contributed by atoms with van der Waals surface area (Å²) in [5.41, 5.74) is 0.151. The summed E-state index contributed by atoms with van der Waals surface area (Å²) in [5.74, 6) is 4.97. The molecule has 0 radical (unpaired) electrons. The minimum atomic E-state index is 0.151. The fraction of sp³-hybridized carbons (Fsp3) is 1.00. The van der Waals surface area contributed by atoms with Crippen LogP contribution >= 0.6 is 0 Å². The van der Waals surface area contributed by atoms with Crippen LogP contribution in [0.15, 0.2) is 0 Å². The Balaban J connectivity index is 3.63. The normalized spacial score (nSPS) is 12.6. The van der Waals surface area contributed by atoms with E-state index in [4.69, 9.17) is 5.90 Å². The van der Waals surface area contributed by atoms with Crippen molar-refractivity contribution in [3.8, 4) is 0 Å². The molecule has 0 saturated carbocycles. The SMILES string of the molecule is CN(C)CC(C)(C)CON. The molecule has 0 rings (SSSR count). The zero-order valence-electron chi connectivity index (χ0n) is 7.35. The minimum Gasteiger partial charge on any atom is -0.309 e. The Labute approximate surface area is 63.1 Å². The van der Waals surface area contributed by atoms with E-state index in [1.807, 2.05) is 14.1 Å². The first kappa shape index (κ1) is 9.88. The molecular formula is C7H18N2O. The Bertz CT molecular complexity index is 91.6. The van der Waals surface area contributed by atoms with Gasteiger partial charge in [-0.15, -0.1) is 0 Å². The van der Waals surface area contributed by atoms with Gasteiger partial charge < -0.3 is 9.74 Å². The Hall–Kier alpha value is -0.120. The van der Waals surface area contributed by atoms with Gasteiger partial charge in [0.1, 0.15) is 0 Å². The maximum Gasteiger partial charge on any atom is 0.0742 e. The second-order valence-electron chi connectivity index (χ2n) is 3.71. The minimum absolute atomic E-state index is 0.151. The monoisotopic (exact) mass is 146 g/mol. The van der Waals surface area contributed by atoms with Crippen LogP contribution in [0.4, 0.5) is 0 Å². The fourth-order valence-corrected chi connectivity index (χ4v) is 1.13. The summed E-state index contributed by atoms with van der Waals surface area (Å²) in [5, 5.41) is 0. The zero-order chi connectivity index (χ0) is 8.20. The largest absolute Gasteiger partial charge is 0.309 e. The molecule has 10 heavy (non-hydrogen) atoms. The van der Waals surface area contributed by atoms with Gasteiger partial charge in [0.05, 0.1) is 6.61 Å². The predicted molar refractivity (Wildman–Crippen MR) is 42.5 cm³/mol. The van der Waals surface area contributed by atoms with Gasteiger partial charge in [0.2, 0.25) is 0 Å². The van der Waals surface area contributed by atoms with E-state index in [1.54, 1.807) is 0 Å². The quantitative estimate of drug-likeness (QED) is 0.586. The molecule has 62 valence electrons. The van der Waals surface area contributed by atoms with Crippen LogP contribution in [0.25, 0.3) is 0 Å². The molecule has 0 heterocycles. The van der Waals surface area contributed by atoms with Crippen LogP contribution in [0.3, 0.4) is 0 Å². The van der Waals surface area contributed by atoms with Crippen molar-refractivity contribution < 1.29 is 4.84 Å². The molecule has 0 amide bonds. The molecule has 0 aromatic rings. The highest BCUT2D eigenvalue weighted by molar-refractivity contribution is 4.69. The Morgan fingerprint density at radius 1 is 1.40 bits per heavy atom. The summed E-state index contributed by atoms with van der Waals surface area (Å²) in [6.45, 7) is 5.84. The first-order valence-corrected chi connectivity index (χ1v) is 3.44. The Morgan fingerprint density at radius 2 is 1.90 bits per heavy atom. The molecule has 0 unspecified atom stereocenters. The number of nitrogens with two attached hydrogens (primary N) is 1. The molecule has 3 nitrogen and oxygen atoms in total. The molecule has 0 aliphatic carbocycles. The van der Waals surface area contributed by atoms with E-state index in [0.717, 1.165) is 6.54 Å². The molecule has 0 fully saturated rings. The van der Waals surface area contributed by atoms with Crippen LogP contribution < -0.4 is 5.90 Å². The third-order valence-corrected chi connectivity index (χ3v) is 1.22. The lowest BCUT2D eigenvalue weighted by Gasteiger charge is -2.26. The summed E-state index contributed by atoms with van der Waals surface area (Å²) < 4.78 is 0. The topological polar surface area (TPSA) is 38.5 Å². The molecule has 0 bridgehead atoms. The molecule has 0 aliphatic heterocycles. The van der Waals surface area contributed by atoms with Crippen LogP contribution in [0.2, 0.25) is 0 Å². The highest BCUT2D eigenvalue weighted by Gasteiger charge is 2.18. The average Bonchev–Trinajstić information content (AvgIpc) is 1.59. The third-order valence-electron chi connectivity index (χ3n) is 1.22. The first-order chi connectivity index (χ1) is 4.48. The lowest BCUT2D eigenvalue weighted by molar-refractivity contribution is 0.0483. The van der Waals surface area contributed by atoms with Gasteiger partial charge in [-0.25, -0.2) is 5.90 Å². The van der Waals surface area contributed by atoms with Gasteiger partial charge in [-0.1, -0.05) is 13.8 Å². The summed E-state index contributed by atoms with van der Waals surface area (Å²) in [4.78, 5) is 6.70. The van der Waals surface area contributed by atoms with Crippen molar-refractivity contribution in [1.82, 2.24) is 4.90 Å². The third kappa shape index (κ3) is 4.73. The van der Waals surface area contributed by atoms with Gasteiger partial charge in [0.25, 0.3) is 0 Å². The predicted octanol–water partition coefficient (Wildman–Crippen LogP) is 0.465. The smallest absolute Gasteiger partial charge is 0.0742 e. The van der Waals surface area contributed by atoms with E-state index in [-0.39, 0.29) is 5.41 Å². The van der Waals surface area contributed by atoms with Gasteiger partial charge in [0.15, 0.2) is 0 Å². The highest BCUT2D eigenvalue weighted by Crippen LogP contribution is 2.14. The summed E-state index contributed by atoms with van der Waals surface area (Å²) >= 11 is 0. The van der Waals surface area contributed by atoms with Crippen LogP contribution in [0.5, 0.6) is 0 Å². The van der Waals surface area contributed by atoms with E-state index in [0.29, 0.717) is 6.61 Å². The molecule has 0 atom stereocenters. The van der Waals surface area contributed by atoms with E-state index in [1.165, 1.54) is 0 Å². The lowest BCUT2D eigenvalue weighted by atomic mass is 9.94. The number of rotatable bonds is 4. The summed E-state index contributed by atoms with van der Waals surface area (Å²) in [6.07, 6.45) is 0. The van der Waals surface area contributed by atoms with Crippen molar-refractivity contribution in [1.29, 1.82) is 0 Å². The van der Waals surface area contributed by atoms with Crippen molar-refractivity contribution in [3.63, 3.8) is 0 Å². The average molecular weight is 146 g/mol. The van der Waals surface area contributed by atoms with Gasteiger partial charge in [-0.3, -0.25) is 0 Å². The summed E-state index contributed by atoms with van der Waals surface area (Å²) in [7, 11) is 4.08. The molecule has 3 heteroatoms. The van der Waals surface area contributed by atoms with Crippen LogP contribution in [0.1, 0.15) is 13.8 Å². The van der Waals surface area contributed by atoms with Crippen molar-refractivity contribution in [2.45, 2.75) is 13.8 Å². The van der Waals surface area contributed by atoms with Gasteiger partial charge in [-0.2, -0.15) is 0 Å². The van der Waals surface area contributed by atoms with Crippen molar-refractivity contribution >= 4 is 0 Å². The first-order valence-electron chi connectivity index (χ1n) is 3.44. The Morgan fingerprint density at radius 3 is 2.20 bits per heavy atom. The van der Waals surface area contributed by atoms with Crippen molar-refractivity contribution in [3.05, 3.63) is 0 Å². The second kappa shape index (κ2) is 3.91. The fourth-order valence-electron chi connectivity index (χ4n) is 1.13. The maximum absolute atomic E-state index is 4.97. The van der Waals surface area contributed by atoms with Gasteiger partial charge in [-0.05, 0) is 14.1 Å². The maximum atomic E-state index is 4.97. The molecule has 0 spiro atoms.